The third-order valence-corrected chi connectivity index (χ3v) is 3.16. The summed E-state index contributed by atoms with van der Waals surface area (Å²) >= 11 is 0. The SMILES string of the molecule is CCCCC(NC(CC)c1ccccc1)C(=O)O. The number of unbranched alkanes of at least 4 members (excludes halogenated alkanes) is 1. The maximum absolute atomic E-state index is 11.2. The van der Waals surface area contributed by atoms with Gasteiger partial charge in [0.15, 0.2) is 0 Å². The lowest BCUT2D eigenvalue weighted by Gasteiger charge is -2.22. The first kappa shape index (κ1) is 14.7. The highest BCUT2D eigenvalue weighted by atomic mass is 16.4. The fourth-order valence-corrected chi connectivity index (χ4v) is 2.06. The molecule has 0 saturated heterocycles. The van der Waals surface area contributed by atoms with E-state index < -0.39 is 12.0 Å². The Morgan fingerprint density at radius 1 is 1.28 bits per heavy atom. The summed E-state index contributed by atoms with van der Waals surface area (Å²) in [6.07, 6.45) is 3.54. The predicted octanol–water partition coefficient (Wildman–Crippen LogP) is 3.37. The maximum atomic E-state index is 11.2. The molecule has 1 rings (SSSR count). The Bertz CT molecular complexity index is 351. The van der Waals surface area contributed by atoms with Crippen molar-refractivity contribution in [2.75, 3.05) is 0 Å². The van der Waals surface area contributed by atoms with Crippen molar-refractivity contribution in [2.24, 2.45) is 0 Å². The second-order valence-electron chi connectivity index (χ2n) is 4.57. The molecule has 0 aliphatic heterocycles. The van der Waals surface area contributed by atoms with Crippen molar-refractivity contribution < 1.29 is 9.90 Å². The van der Waals surface area contributed by atoms with Gasteiger partial charge in [-0.25, -0.2) is 0 Å². The van der Waals surface area contributed by atoms with Crippen LogP contribution in [-0.4, -0.2) is 17.1 Å². The lowest BCUT2D eigenvalue weighted by Crippen LogP contribution is -2.39. The van der Waals surface area contributed by atoms with Gasteiger partial charge in [0.2, 0.25) is 0 Å². The molecule has 2 unspecified atom stereocenters. The van der Waals surface area contributed by atoms with Crippen LogP contribution in [0.25, 0.3) is 0 Å². The van der Waals surface area contributed by atoms with Crippen LogP contribution in [-0.2, 0) is 4.79 Å². The molecule has 0 heterocycles. The van der Waals surface area contributed by atoms with Crippen LogP contribution in [0.15, 0.2) is 30.3 Å². The number of carbonyl (C=O) groups is 1. The molecule has 2 N–H and O–H groups in total. The van der Waals surface area contributed by atoms with E-state index in [0.717, 1.165) is 24.8 Å². The molecule has 0 amide bonds. The van der Waals surface area contributed by atoms with Gasteiger partial charge in [-0.3, -0.25) is 10.1 Å². The number of hydrogen-bond acceptors (Lipinski definition) is 2. The van der Waals surface area contributed by atoms with Gasteiger partial charge in [0.1, 0.15) is 6.04 Å². The lowest BCUT2D eigenvalue weighted by molar-refractivity contribution is -0.140. The van der Waals surface area contributed by atoms with Crippen molar-refractivity contribution in [3.05, 3.63) is 35.9 Å². The highest BCUT2D eigenvalue weighted by molar-refractivity contribution is 5.73. The fourth-order valence-electron chi connectivity index (χ4n) is 2.06. The molecule has 0 bridgehead atoms. The zero-order chi connectivity index (χ0) is 13.4. The second-order valence-corrected chi connectivity index (χ2v) is 4.57. The first-order valence-corrected chi connectivity index (χ1v) is 6.72. The van der Waals surface area contributed by atoms with Crippen molar-refractivity contribution in [3.8, 4) is 0 Å². The average molecular weight is 249 g/mol. The van der Waals surface area contributed by atoms with E-state index in [-0.39, 0.29) is 6.04 Å². The minimum absolute atomic E-state index is 0.115. The van der Waals surface area contributed by atoms with Crippen molar-refractivity contribution in [1.29, 1.82) is 0 Å². The summed E-state index contributed by atoms with van der Waals surface area (Å²) < 4.78 is 0. The van der Waals surface area contributed by atoms with E-state index in [1.807, 2.05) is 30.3 Å². The Balaban J connectivity index is 2.68. The van der Waals surface area contributed by atoms with E-state index in [2.05, 4.69) is 19.2 Å². The zero-order valence-corrected chi connectivity index (χ0v) is 11.2. The molecule has 0 radical (unpaired) electrons. The normalized spacial score (nSPS) is 14.1. The Labute approximate surface area is 109 Å². The quantitative estimate of drug-likeness (QED) is 0.742. The van der Waals surface area contributed by atoms with Gasteiger partial charge >= 0.3 is 5.97 Å². The van der Waals surface area contributed by atoms with Crippen LogP contribution in [0.1, 0.15) is 51.1 Å². The number of rotatable bonds is 8. The summed E-state index contributed by atoms with van der Waals surface area (Å²) in [5, 5.41) is 12.5. The minimum atomic E-state index is -0.752. The molecule has 3 nitrogen and oxygen atoms in total. The molecule has 2 atom stereocenters. The lowest BCUT2D eigenvalue weighted by atomic mass is 10.0. The highest BCUT2D eigenvalue weighted by Crippen LogP contribution is 2.18. The van der Waals surface area contributed by atoms with Gasteiger partial charge in [-0.15, -0.1) is 0 Å². The fraction of sp³-hybridized carbons (Fsp3) is 0.533. The minimum Gasteiger partial charge on any atom is -0.480 e. The first-order chi connectivity index (χ1) is 8.69. The molecule has 0 aliphatic rings. The van der Waals surface area contributed by atoms with Crippen LogP contribution in [0.4, 0.5) is 0 Å². The van der Waals surface area contributed by atoms with Crippen molar-refractivity contribution in [3.63, 3.8) is 0 Å². The van der Waals surface area contributed by atoms with E-state index in [9.17, 15) is 9.90 Å². The van der Waals surface area contributed by atoms with Crippen LogP contribution < -0.4 is 5.32 Å². The molecular weight excluding hydrogens is 226 g/mol. The Kier molecular flexibility index (Phi) is 6.44. The van der Waals surface area contributed by atoms with Crippen molar-refractivity contribution >= 4 is 5.97 Å². The maximum Gasteiger partial charge on any atom is 0.320 e. The largest absolute Gasteiger partial charge is 0.480 e. The van der Waals surface area contributed by atoms with Gasteiger partial charge in [-0.2, -0.15) is 0 Å². The standard InChI is InChI=1S/C15H23NO2/c1-3-5-11-14(15(17)18)16-13(4-2)12-9-7-6-8-10-12/h6-10,13-14,16H,3-5,11H2,1-2H3,(H,17,18). The molecule has 0 aromatic heterocycles. The molecule has 100 valence electrons. The van der Waals surface area contributed by atoms with Crippen LogP contribution in [0.5, 0.6) is 0 Å². The van der Waals surface area contributed by atoms with Crippen LogP contribution >= 0.6 is 0 Å². The summed E-state index contributed by atoms with van der Waals surface area (Å²) in [7, 11) is 0. The summed E-state index contributed by atoms with van der Waals surface area (Å²) in [6, 6.07) is 9.70. The van der Waals surface area contributed by atoms with Gasteiger partial charge < -0.3 is 5.11 Å². The molecule has 3 heteroatoms. The topological polar surface area (TPSA) is 49.3 Å². The molecule has 0 spiro atoms. The van der Waals surface area contributed by atoms with Gasteiger partial charge in [0.25, 0.3) is 0 Å². The molecular formula is C15H23NO2. The number of carboxylic acids is 1. The Morgan fingerprint density at radius 2 is 1.94 bits per heavy atom. The van der Waals surface area contributed by atoms with Gasteiger partial charge in [-0.1, -0.05) is 57.0 Å². The monoisotopic (exact) mass is 249 g/mol. The summed E-state index contributed by atoms with van der Waals surface area (Å²) in [5.41, 5.74) is 1.16. The Morgan fingerprint density at radius 3 is 2.44 bits per heavy atom. The molecule has 0 aliphatic carbocycles. The molecule has 0 fully saturated rings. The Hall–Kier alpha value is -1.35. The van der Waals surface area contributed by atoms with E-state index in [1.165, 1.54) is 0 Å². The number of hydrogen-bond donors (Lipinski definition) is 2. The van der Waals surface area contributed by atoms with Crippen molar-refractivity contribution in [2.45, 2.75) is 51.6 Å². The summed E-state index contributed by atoms with van der Waals surface area (Å²) in [5.74, 6) is -0.752. The van der Waals surface area contributed by atoms with Gasteiger partial charge in [0.05, 0.1) is 0 Å². The summed E-state index contributed by atoms with van der Waals surface area (Å²) in [4.78, 5) is 11.2. The first-order valence-electron chi connectivity index (χ1n) is 6.72. The smallest absolute Gasteiger partial charge is 0.320 e. The van der Waals surface area contributed by atoms with Gasteiger partial charge in [0, 0.05) is 6.04 Å². The average Bonchev–Trinajstić information content (AvgIpc) is 2.39. The van der Waals surface area contributed by atoms with Crippen LogP contribution in [0, 0.1) is 0 Å². The number of benzene rings is 1. The number of aliphatic carboxylic acids is 1. The number of carboxylic acid groups (broad SMARTS) is 1. The highest BCUT2D eigenvalue weighted by Gasteiger charge is 2.20. The van der Waals surface area contributed by atoms with Crippen molar-refractivity contribution in [1.82, 2.24) is 5.32 Å². The van der Waals surface area contributed by atoms with Crippen LogP contribution in [0.2, 0.25) is 0 Å². The summed E-state index contributed by atoms with van der Waals surface area (Å²) in [6.45, 7) is 4.15. The molecule has 0 saturated carbocycles. The predicted molar refractivity (Wildman–Crippen MR) is 73.6 cm³/mol. The zero-order valence-electron chi connectivity index (χ0n) is 11.2. The third-order valence-electron chi connectivity index (χ3n) is 3.16. The molecule has 1 aromatic rings. The molecule has 1 aromatic carbocycles. The van der Waals surface area contributed by atoms with E-state index in [0.29, 0.717) is 6.42 Å². The van der Waals surface area contributed by atoms with E-state index in [1.54, 1.807) is 0 Å². The van der Waals surface area contributed by atoms with Gasteiger partial charge in [-0.05, 0) is 18.4 Å². The second kappa shape index (κ2) is 7.88. The van der Waals surface area contributed by atoms with Crippen LogP contribution in [0.3, 0.4) is 0 Å². The third kappa shape index (κ3) is 4.49. The van der Waals surface area contributed by atoms with E-state index >= 15 is 0 Å². The van der Waals surface area contributed by atoms with E-state index in [4.69, 9.17) is 0 Å². The molecule has 18 heavy (non-hydrogen) atoms. The number of nitrogens with one attached hydrogen (secondary N) is 1.